The first kappa shape index (κ1) is 14.9. The molecular formula is C15H27N3S. The van der Waals surface area contributed by atoms with Gasteiger partial charge in [-0.05, 0) is 43.3 Å². The highest BCUT2D eigenvalue weighted by molar-refractivity contribution is 7.05. The Hall–Kier alpha value is -0.480. The number of hydrogen-bond acceptors (Lipinski definition) is 4. The number of hydrogen-bond donors (Lipinski definition) is 1. The molecule has 3 unspecified atom stereocenters. The summed E-state index contributed by atoms with van der Waals surface area (Å²) in [4.78, 5) is 1.40. The fourth-order valence-corrected chi connectivity index (χ4v) is 4.47. The Bertz CT molecular complexity index is 377. The van der Waals surface area contributed by atoms with Crippen LogP contribution in [0.2, 0.25) is 0 Å². The average molecular weight is 281 g/mol. The maximum Gasteiger partial charge on any atom is 0.0803 e. The van der Waals surface area contributed by atoms with E-state index in [9.17, 15) is 0 Å². The molecule has 0 aromatic carbocycles. The monoisotopic (exact) mass is 281 g/mol. The Morgan fingerprint density at radius 3 is 2.79 bits per heavy atom. The van der Waals surface area contributed by atoms with Crippen LogP contribution in [0.4, 0.5) is 0 Å². The standard InChI is InChI=1S/C15H27N3S/c1-4-8-13-15(19-18-17-13)14(16-3)12-10-7-6-9-11(12)5-2/h11-12,14,16H,4-10H2,1-3H3. The summed E-state index contributed by atoms with van der Waals surface area (Å²) in [7, 11) is 2.10. The van der Waals surface area contributed by atoms with E-state index in [1.165, 1.54) is 42.7 Å². The minimum atomic E-state index is 0.465. The Kier molecular flexibility index (Phi) is 5.76. The molecule has 3 atom stereocenters. The Balaban J connectivity index is 2.19. The van der Waals surface area contributed by atoms with Crippen LogP contribution in [0, 0.1) is 11.8 Å². The summed E-state index contributed by atoms with van der Waals surface area (Å²) in [5.74, 6) is 1.63. The summed E-state index contributed by atoms with van der Waals surface area (Å²) in [6.45, 7) is 4.56. The van der Waals surface area contributed by atoms with Gasteiger partial charge in [-0.1, -0.05) is 50.4 Å². The Morgan fingerprint density at radius 1 is 1.32 bits per heavy atom. The predicted molar refractivity (Wildman–Crippen MR) is 81.4 cm³/mol. The molecule has 0 bridgehead atoms. The minimum Gasteiger partial charge on any atom is -0.312 e. The zero-order chi connectivity index (χ0) is 13.7. The van der Waals surface area contributed by atoms with Gasteiger partial charge in [0.25, 0.3) is 0 Å². The predicted octanol–water partition coefficient (Wildman–Crippen LogP) is 3.97. The molecule has 0 spiro atoms. The zero-order valence-corrected chi connectivity index (χ0v) is 13.3. The highest BCUT2D eigenvalue weighted by Gasteiger charge is 2.33. The van der Waals surface area contributed by atoms with Crippen LogP contribution in [0.3, 0.4) is 0 Å². The smallest absolute Gasteiger partial charge is 0.0803 e. The van der Waals surface area contributed by atoms with Crippen molar-refractivity contribution in [2.75, 3.05) is 7.05 Å². The van der Waals surface area contributed by atoms with E-state index in [-0.39, 0.29) is 0 Å². The average Bonchev–Trinajstić information content (AvgIpc) is 2.89. The van der Waals surface area contributed by atoms with Crippen LogP contribution >= 0.6 is 11.5 Å². The Labute approximate surface area is 121 Å². The van der Waals surface area contributed by atoms with E-state index in [0.29, 0.717) is 6.04 Å². The van der Waals surface area contributed by atoms with Crippen LogP contribution in [-0.2, 0) is 6.42 Å². The molecule has 0 aliphatic heterocycles. The van der Waals surface area contributed by atoms with Crippen LogP contribution < -0.4 is 5.32 Å². The molecule has 1 aromatic heterocycles. The van der Waals surface area contributed by atoms with Crippen molar-refractivity contribution in [2.45, 2.75) is 64.8 Å². The van der Waals surface area contributed by atoms with Gasteiger partial charge in [0.05, 0.1) is 10.6 Å². The molecule has 0 saturated heterocycles. The first-order valence-electron chi connectivity index (χ1n) is 7.80. The first-order chi connectivity index (χ1) is 9.31. The fraction of sp³-hybridized carbons (Fsp3) is 0.867. The normalized spacial score (nSPS) is 25.4. The van der Waals surface area contributed by atoms with E-state index >= 15 is 0 Å². The molecule has 1 fully saturated rings. The highest BCUT2D eigenvalue weighted by Crippen LogP contribution is 2.41. The summed E-state index contributed by atoms with van der Waals surface area (Å²) < 4.78 is 4.21. The van der Waals surface area contributed by atoms with Gasteiger partial charge >= 0.3 is 0 Å². The van der Waals surface area contributed by atoms with Gasteiger partial charge in [0.2, 0.25) is 0 Å². The molecule has 4 heteroatoms. The number of nitrogens with zero attached hydrogens (tertiary/aromatic N) is 2. The lowest BCUT2D eigenvalue weighted by Crippen LogP contribution is -2.32. The summed E-state index contributed by atoms with van der Waals surface area (Å²) in [5.41, 5.74) is 1.23. The largest absolute Gasteiger partial charge is 0.312 e. The van der Waals surface area contributed by atoms with Crippen LogP contribution in [0.25, 0.3) is 0 Å². The maximum atomic E-state index is 4.35. The molecule has 2 rings (SSSR count). The lowest BCUT2D eigenvalue weighted by atomic mass is 9.73. The van der Waals surface area contributed by atoms with Gasteiger partial charge < -0.3 is 5.32 Å². The van der Waals surface area contributed by atoms with Crippen LogP contribution in [0.5, 0.6) is 0 Å². The molecule has 1 N–H and O–H groups in total. The molecule has 0 radical (unpaired) electrons. The second-order valence-electron chi connectivity index (χ2n) is 5.72. The van der Waals surface area contributed by atoms with Crippen molar-refractivity contribution in [1.82, 2.24) is 14.9 Å². The third kappa shape index (κ3) is 3.34. The van der Waals surface area contributed by atoms with E-state index in [2.05, 4.69) is 35.8 Å². The van der Waals surface area contributed by atoms with Gasteiger partial charge in [0.15, 0.2) is 0 Å². The van der Waals surface area contributed by atoms with E-state index < -0.39 is 0 Å². The van der Waals surface area contributed by atoms with E-state index in [0.717, 1.165) is 24.7 Å². The molecule has 1 aliphatic rings. The third-order valence-corrected chi connectivity index (χ3v) is 5.44. The second kappa shape index (κ2) is 7.34. The van der Waals surface area contributed by atoms with Gasteiger partial charge in [-0.25, -0.2) is 0 Å². The SMILES string of the molecule is CCCc1nnsc1C(NC)C1CCCCC1CC. The van der Waals surface area contributed by atoms with Crippen LogP contribution in [0.1, 0.15) is 69.0 Å². The van der Waals surface area contributed by atoms with Crippen molar-refractivity contribution in [2.24, 2.45) is 11.8 Å². The van der Waals surface area contributed by atoms with Gasteiger partial charge in [-0.3, -0.25) is 0 Å². The van der Waals surface area contributed by atoms with Crippen LogP contribution in [0.15, 0.2) is 0 Å². The van der Waals surface area contributed by atoms with Crippen molar-refractivity contribution >= 4 is 11.5 Å². The minimum absolute atomic E-state index is 0.465. The molecule has 1 saturated carbocycles. The van der Waals surface area contributed by atoms with Gasteiger partial charge in [-0.15, -0.1) is 5.10 Å². The van der Waals surface area contributed by atoms with Crippen molar-refractivity contribution in [1.29, 1.82) is 0 Å². The number of aryl methyl sites for hydroxylation is 1. The van der Waals surface area contributed by atoms with E-state index in [1.54, 1.807) is 11.5 Å². The van der Waals surface area contributed by atoms with E-state index in [4.69, 9.17) is 0 Å². The maximum absolute atomic E-state index is 4.35. The van der Waals surface area contributed by atoms with Crippen molar-refractivity contribution in [3.05, 3.63) is 10.6 Å². The summed E-state index contributed by atoms with van der Waals surface area (Å²) in [6.07, 6.45) is 9.06. The lowest BCUT2D eigenvalue weighted by molar-refractivity contribution is 0.181. The van der Waals surface area contributed by atoms with Crippen molar-refractivity contribution in [3.8, 4) is 0 Å². The molecule has 1 heterocycles. The Morgan fingerprint density at radius 2 is 2.11 bits per heavy atom. The zero-order valence-electron chi connectivity index (χ0n) is 12.5. The summed E-state index contributed by atoms with van der Waals surface area (Å²) in [6, 6.07) is 0.465. The molecule has 1 aromatic rings. The molecular weight excluding hydrogens is 254 g/mol. The number of rotatable bonds is 6. The summed E-state index contributed by atoms with van der Waals surface area (Å²) in [5, 5.41) is 7.92. The second-order valence-corrected chi connectivity index (χ2v) is 6.50. The molecule has 19 heavy (non-hydrogen) atoms. The summed E-state index contributed by atoms with van der Waals surface area (Å²) >= 11 is 1.60. The molecule has 1 aliphatic carbocycles. The topological polar surface area (TPSA) is 37.8 Å². The third-order valence-electron chi connectivity index (χ3n) is 4.59. The van der Waals surface area contributed by atoms with Crippen molar-refractivity contribution < 1.29 is 0 Å². The van der Waals surface area contributed by atoms with Gasteiger partial charge in [-0.2, -0.15) is 0 Å². The molecule has 0 amide bonds. The molecule has 3 nitrogen and oxygen atoms in total. The quantitative estimate of drug-likeness (QED) is 0.857. The van der Waals surface area contributed by atoms with Gasteiger partial charge in [0.1, 0.15) is 0 Å². The number of aromatic nitrogens is 2. The first-order valence-corrected chi connectivity index (χ1v) is 8.57. The van der Waals surface area contributed by atoms with E-state index in [1.807, 2.05) is 0 Å². The fourth-order valence-electron chi connectivity index (χ4n) is 3.58. The number of nitrogens with one attached hydrogen (secondary N) is 1. The van der Waals surface area contributed by atoms with Crippen molar-refractivity contribution in [3.63, 3.8) is 0 Å². The highest BCUT2D eigenvalue weighted by atomic mass is 32.1. The molecule has 108 valence electrons. The van der Waals surface area contributed by atoms with Crippen LogP contribution in [-0.4, -0.2) is 16.6 Å². The lowest BCUT2D eigenvalue weighted by Gasteiger charge is -2.36. The van der Waals surface area contributed by atoms with Gasteiger partial charge in [0, 0.05) is 6.04 Å².